The van der Waals surface area contributed by atoms with E-state index in [0.717, 1.165) is 11.4 Å². The summed E-state index contributed by atoms with van der Waals surface area (Å²) in [5, 5.41) is 17.3. The smallest absolute Gasteiger partial charge is 0.259 e. The van der Waals surface area contributed by atoms with E-state index in [1.54, 1.807) is 55.6 Å². The lowest BCUT2D eigenvalue weighted by atomic mass is 10.2. The summed E-state index contributed by atoms with van der Waals surface area (Å²) in [4.78, 5) is 22.3. The normalized spacial score (nSPS) is 10.3. The van der Waals surface area contributed by atoms with Gasteiger partial charge < -0.3 is 24.7 Å². The Labute approximate surface area is 150 Å². The predicted molar refractivity (Wildman–Crippen MR) is 94.2 cm³/mol. The van der Waals surface area contributed by atoms with Gasteiger partial charge in [-0.25, -0.2) is 5.43 Å². The van der Waals surface area contributed by atoms with Gasteiger partial charge in [-0.2, -0.15) is 5.10 Å². The maximum absolute atomic E-state index is 11.8. The van der Waals surface area contributed by atoms with Crippen LogP contribution in [0.4, 0.5) is 5.69 Å². The van der Waals surface area contributed by atoms with E-state index in [1.807, 2.05) is 0 Å². The molecular formula is C18H18N3O5-. The molecule has 0 heterocycles. The fourth-order valence-electron chi connectivity index (χ4n) is 1.96. The molecule has 2 rings (SSSR count). The number of para-hydroxylation sites is 1. The van der Waals surface area contributed by atoms with Crippen molar-refractivity contribution in [1.82, 2.24) is 5.43 Å². The highest BCUT2D eigenvalue weighted by Gasteiger charge is 2.02. The third-order valence-corrected chi connectivity index (χ3v) is 3.20. The highest BCUT2D eigenvalue weighted by Crippen LogP contribution is 2.16. The number of carboxylic acid groups (broad SMARTS) is 1. The van der Waals surface area contributed by atoms with Gasteiger partial charge in [0.05, 0.1) is 25.8 Å². The SMILES string of the molecule is COc1ccc(NCC(=O)N/N=C\c2ccccc2OCC(=O)[O-])cc1. The van der Waals surface area contributed by atoms with E-state index in [2.05, 4.69) is 15.8 Å². The largest absolute Gasteiger partial charge is 0.546 e. The molecule has 2 aromatic carbocycles. The molecule has 0 unspecified atom stereocenters. The van der Waals surface area contributed by atoms with Gasteiger partial charge in [-0.3, -0.25) is 4.79 Å². The lowest BCUT2D eigenvalue weighted by Gasteiger charge is -2.09. The molecule has 0 spiro atoms. The van der Waals surface area contributed by atoms with Gasteiger partial charge in [0.1, 0.15) is 18.1 Å². The summed E-state index contributed by atoms with van der Waals surface area (Å²) in [7, 11) is 1.58. The van der Waals surface area contributed by atoms with Crippen LogP contribution in [0.5, 0.6) is 11.5 Å². The number of rotatable bonds is 9. The van der Waals surface area contributed by atoms with Crippen molar-refractivity contribution in [1.29, 1.82) is 0 Å². The number of benzene rings is 2. The summed E-state index contributed by atoms with van der Waals surface area (Å²) in [5.74, 6) is -0.616. The van der Waals surface area contributed by atoms with E-state index in [9.17, 15) is 14.7 Å². The van der Waals surface area contributed by atoms with Gasteiger partial charge in [0.2, 0.25) is 0 Å². The summed E-state index contributed by atoms with van der Waals surface area (Å²) in [6.45, 7) is -0.532. The maximum atomic E-state index is 11.8. The quantitative estimate of drug-likeness (QED) is 0.496. The highest BCUT2D eigenvalue weighted by molar-refractivity contribution is 5.86. The number of ether oxygens (including phenoxy) is 2. The average Bonchev–Trinajstić information content (AvgIpc) is 2.66. The summed E-state index contributed by atoms with van der Waals surface area (Å²) >= 11 is 0. The van der Waals surface area contributed by atoms with E-state index in [1.165, 1.54) is 6.21 Å². The molecule has 0 aliphatic rings. The molecule has 136 valence electrons. The summed E-state index contributed by atoms with van der Waals surface area (Å²) in [5.41, 5.74) is 3.67. The molecule has 26 heavy (non-hydrogen) atoms. The summed E-state index contributed by atoms with van der Waals surface area (Å²) < 4.78 is 10.1. The van der Waals surface area contributed by atoms with Gasteiger partial charge in [0.15, 0.2) is 0 Å². The Morgan fingerprint density at radius 1 is 1.15 bits per heavy atom. The molecular weight excluding hydrogens is 338 g/mol. The van der Waals surface area contributed by atoms with Gasteiger partial charge in [-0.1, -0.05) is 12.1 Å². The number of aliphatic carboxylic acids is 1. The fraction of sp³-hybridized carbons (Fsp3) is 0.167. The van der Waals surface area contributed by atoms with Crippen LogP contribution in [-0.4, -0.2) is 38.4 Å². The van der Waals surface area contributed by atoms with Crippen LogP contribution in [0.2, 0.25) is 0 Å². The zero-order valence-electron chi connectivity index (χ0n) is 14.1. The zero-order valence-corrected chi connectivity index (χ0v) is 14.1. The Kier molecular flexibility index (Phi) is 6.99. The molecule has 0 aromatic heterocycles. The summed E-state index contributed by atoms with van der Waals surface area (Å²) in [6, 6.07) is 13.8. The number of anilines is 1. The average molecular weight is 356 g/mol. The van der Waals surface area contributed by atoms with Crippen LogP contribution >= 0.6 is 0 Å². The van der Waals surface area contributed by atoms with Crippen molar-refractivity contribution in [3.63, 3.8) is 0 Å². The topological polar surface area (TPSA) is 112 Å². The number of hydrazone groups is 1. The molecule has 0 saturated carbocycles. The second kappa shape index (κ2) is 9.67. The number of nitrogens with one attached hydrogen (secondary N) is 2. The van der Waals surface area contributed by atoms with Crippen LogP contribution < -0.4 is 25.3 Å². The monoisotopic (exact) mass is 356 g/mol. The van der Waals surface area contributed by atoms with Crippen molar-refractivity contribution in [2.24, 2.45) is 5.10 Å². The Morgan fingerprint density at radius 3 is 2.58 bits per heavy atom. The van der Waals surface area contributed by atoms with Crippen LogP contribution in [0.15, 0.2) is 53.6 Å². The molecule has 0 fully saturated rings. The van der Waals surface area contributed by atoms with E-state index < -0.39 is 12.6 Å². The van der Waals surface area contributed by atoms with Crippen molar-refractivity contribution in [3.8, 4) is 11.5 Å². The Bertz CT molecular complexity index is 775. The molecule has 0 saturated heterocycles. The highest BCUT2D eigenvalue weighted by atomic mass is 16.5. The van der Waals surface area contributed by atoms with Crippen molar-refractivity contribution in [3.05, 3.63) is 54.1 Å². The molecule has 0 aliphatic carbocycles. The van der Waals surface area contributed by atoms with Crippen molar-refractivity contribution >= 4 is 23.8 Å². The van der Waals surface area contributed by atoms with Crippen LogP contribution in [0.25, 0.3) is 0 Å². The number of carboxylic acids is 1. The minimum Gasteiger partial charge on any atom is -0.546 e. The lowest BCUT2D eigenvalue weighted by Crippen LogP contribution is -2.29. The van der Waals surface area contributed by atoms with Crippen LogP contribution in [0, 0.1) is 0 Å². The zero-order chi connectivity index (χ0) is 18.8. The molecule has 1 amide bonds. The molecule has 8 nitrogen and oxygen atoms in total. The van der Waals surface area contributed by atoms with E-state index in [-0.39, 0.29) is 12.5 Å². The van der Waals surface area contributed by atoms with Gasteiger partial charge in [0, 0.05) is 11.3 Å². The van der Waals surface area contributed by atoms with Crippen LogP contribution in [0.3, 0.4) is 0 Å². The fourth-order valence-corrected chi connectivity index (χ4v) is 1.96. The third kappa shape index (κ3) is 6.16. The molecule has 0 aliphatic heterocycles. The van der Waals surface area contributed by atoms with E-state index in [4.69, 9.17) is 9.47 Å². The van der Waals surface area contributed by atoms with Crippen molar-refractivity contribution < 1.29 is 24.2 Å². The van der Waals surface area contributed by atoms with Gasteiger partial charge in [-0.05, 0) is 36.4 Å². The molecule has 0 radical (unpaired) electrons. The van der Waals surface area contributed by atoms with Crippen LogP contribution in [0.1, 0.15) is 5.56 Å². The second-order valence-electron chi connectivity index (χ2n) is 5.07. The van der Waals surface area contributed by atoms with Crippen molar-refractivity contribution in [2.45, 2.75) is 0 Å². The molecule has 2 aromatic rings. The third-order valence-electron chi connectivity index (χ3n) is 3.20. The minimum atomic E-state index is -1.32. The Morgan fingerprint density at radius 2 is 1.88 bits per heavy atom. The summed E-state index contributed by atoms with van der Waals surface area (Å²) in [6.07, 6.45) is 1.37. The molecule has 0 bridgehead atoms. The first-order valence-electron chi connectivity index (χ1n) is 7.70. The standard InChI is InChI=1S/C18H19N3O5/c1-25-15-8-6-14(7-9-15)19-11-17(22)21-20-10-13-4-2-3-5-16(13)26-12-18(23)24/h2-10,19H,11-12H2,1H3,(H,21,22)(H,23,24)/p-1/b20-10-. The number of carbonyl (C=O) groups is 2. The van der Waals surface area contributed by atoms with E-state index in [0.29, 0.717) is 11.3 Å². The number of amides is 1. The number of hydrogen-bond donors (Lipinski definition) is 2. The molecule has 2 N–H and O–H groups in total. The Balaban J connectivity index is 1.83. The first-order chi connectivity index (χ1) is 12.6. The minimum absolute atomic E-state index is 0.0342. The number of carbonyl (C=O) groups excluding carboxylic acids is 2. The Hall–Kier alpha value is -3.55. The molecule has 0 atom stereocenters. The number of methoxy groups -OCH3 is 1. The maximum Gasteiger partial charge on any atom is 0.259 e. The second-order valence-corrected chi connectivity index (χ2v) is 5.07. The van der Waals surface area contributed by atoms with Gasteiger partial charge in [-0.15, -0.1) is 0 Å². The number of hydrogen-bond acceptors (Lipinski definition) is 7. The first kappa shape index (κ1) is 18.8. The van der Waals surface area contributed by atoms with Gasteiger partial charge in [0.25, 0.3) is 5.91 Å². The van der Waals surface area contributed by atoms with Gasteiger partial charge >= 0.3 is 0 Å². The van der Waals surface area contributed by atoms with Crippen molar-refractivity contribution in [2.75, 3.05) is 25.6 Å². The van der Waals surface area contributed by atoms with E-state index >= 15 is 0 Å². The number of nitrogens with zero attached hydrogens (tertiary/aromatic N) is 1. The predicted octanol–water partition coefficient (Wildman–Crippen LogP) is 0.386. The lowest BCUT2D eigenvalue weighted by molar-refractivity contribution is -0.307. The van der Waals surface area contributed by atoms with Crippen LogP contribution in [-0.2, 0) is 9.59 Å². The first-order valence-corrected chi connectivity index (χ1v) is 7.70. The molecule has 8 heteroatoms.